The molecule has 1 aromatic heterocycles. The lowest BCUT2D eigenvalue weighted by Crippen LogP contribution is -2.35. The van der Waals surface area contributed by atoms with Gasteiger partial charge in [0.2, 0.25) is 11.9 Å². The van der Waals surface area contributed by atoms with Crippen LogP contribution in [0.15, 0.2) is 42.5 Å². The van der Waals surface area contributed by atoms with E-state index in [1.54, 1.807) is 30.3 Å². The zero-order valence-electron chi connectivity index (χ0n) is 19.3. The van der Waals surface area contributed by atoms with Crippen LogP contribution < -0.4 is 20.1 Å². The summed E-state index contributed by atoms with van der Waals surface area (Å²) < 4.78 is 24.9. The van der Waals surface area contributed by atoms with Crippen LogP contribution in [-0.2, 0) is 6.61 Å². The summed E-state index contributed by atoms with van der Waals surface area (Å²) >= 11 is 0. The van der Waals surface area contributed by atoms with Crippen molar-refractivity contribution in [2.24, 2.45) is 0 Å². The Balaban J connectivity index is 1.52. The lowest BCUT2D eigenvalue weighted by atomic mass is 10.2. The lowest BCUT2D eigenvalue weighted by molar-refractivity contribution is 0.275. The highest BCUT2D eigenvalue weighted by atomic mass is 19.1. The number of aromatic hydroxyl groups is 1. The van der Waals surface area contributed by atoms with Crippen LogP contribution in [0.3, 0.4) is 0 Å². The van der Waals surface area contributed by atoms with Crippen LogP contribution in [0.5, 0.6) is 17.5 Å². The molecule has 1 saturated heterocycles. The number of halogens is 1. The molecule has 9 nitrogen and oxygen atoms in total. The van der Waals surface area contributed by atoms with Crippen molar-refractivity contribution in [3.8, 4) is 17.5 Å². The van der Waals surface area contributed by atoms with Gasteiger partial charge in [-0.25, -0.2) is 4.39 Å². The summed E-state index contributed by atoms with van der Waals surface area (Å²) in [7, 11) is 1.41. The summed E-state index contributed by atoms with van der Waals surface area (Å²) in [5.74, 6) is 0.432. The quantitative estimate of drug-likeness (QED) is 0.408. The first kappa shape index (κ1) is 23.5. The molecule has 1 fully saturated rings. The first-order chi connectivity index (χ1) is 16.5. The number of anilines is 3. The number of aromatic nitrogens is 3. The molecule has 1 atom stereocenters. The van der Waals surface area contributed by atoms with E-state index < -0.39 is 5.82 Å². The normalized spacial score (nSPS) is 15.8. The Morgan fingerprint density at radius 2 is 1.91 bits per heavy atom. The number of nitrogens with one attached hydrogen (secondary N) is 2. The molecule has 0 saturated carbocycles. The summed E-state index contributed by atoms with van der Waals surface area (Å²) in [4.78, 5) is 15.6. The van der Waals surface area contributed by atoms with Crippen LogP contribution in [0.2, 0.25) is 0 Å². The Bertz CT molecular complexity index is 1100. The minimum absolute atomic E-state index is 0.126. The summed E-state index contributed by atoms with van der Waals surface area (Å²) in [5.41, 5.74) is 1.32. The molecule has 2 aromatic carbocycles. The van der Waals surface area contributed by atoms with Crippen LogP contribution in [0.4, 0.5) is 22.0 Å². The highest BCUT2D eigenvalue weighted by Gasteiger charge is 2.23. The number of nitrogens with zero attached hydrogens (tertiary/aromatic N) is 4. The number of likely N-dealkylation sites (tertiary alicyclic amines) is 1. The summed E-state index contributed by atoms with van der Waals surface area (Å²) in [6.45, 7) is 5.17. The molecule has 0 spiro atoms. The second-order valence-electron chi connectivity index (χ2n) is 8.00. The number of methoxy groups -OCH3 is 1. The van der Waals surface area contributed by atoms with Crippen molar-refractivity contribution in [1.82, 2.24) is 19.9 Å². The Hall–Kier alpha value is -3.66. The molecule has 0 radical (unpaired) electrons. The van der Waals surface area contributed by atoms with Crippen LogP contribution in [0, 0.1) is 5.82 Å². The van der Waals surface area contributed by atoms with E-state index in [9.17, 15) is 9.50 Å². The van der Waals surface area contributed by atoms with Gasteiger partial charge in [-0.05, 0) is 55.8 Å². The van der Waals surface area contributed by atoms with Gasteiger partial charge in [-0.1, -0.05) is 19.1 Å². The van der Waals surface area contributed by atoms with Gasteiger partial charge in [0.25, 0.3) is 0 Å². The molecule has 10 heteroatoms. The Morgan fingerprint density at radius 1 is 1.12 bits per heavy atom. The second-order valence-corrected chi connectivity index (χ2v) is 8.00. The van der Waals surface area contributed by atoms with Crippen LogP contribution in [0.1, 0.15) is 25.3 Å². The van der Waals surface area contributed by atoms with Gasteiger partial charge in [-0.3, -0.25) is 4.90 Å². The molecule has 1 aliphatic rings. The standard InChI is InChI=1S/C24H29FN6O3/c1-3-31-12-4-5-18(31)14-26-22-28-23(27-17-8-11-21(33-2)20(25)13-17)30-24(29-22)34-15-16-6-9-19(32)10-7-16/h6-11,13,18,32H,3-5,12,14-15H2,1-2H3,(H2,26,27,28,29,30). The Labute approximate surface area is 198 Å². The average Bonchev–Trinajstić information content (AvgIpc) is 3.30. The van der Waals surface area contributed by atoms with Gasteiger partial charge in [0, 0.05) is 24.3 Å². The van der Waals surface area contributed by atoms with Gasteiger partial charge in [-0.2, -0.15) is 15.0 Å². The van der Waals surface area contributed by atoms with Gasteiger partial charge in [0.15, 0.2) is 11.6 Å². The van der Waals surface area contributed by atoms with Crippen molar-refractivity contribution in [2.75, 3.05) is 37.4 Å². The van der Waals surface area contributed by atoms with Crippen LogP contribution in [-0.4, -0.2) is 57.7 Å². The van der Waals surface area contributed by atoms with E-state index >= 15 is 0 Å². The Morgan fingerprint density at radius 3 is 2.65 bits per heavy atom. The van der Waals surface area contributed by atoms with Crippen molar-refractivity contribution >= 4 is 17.6 Å². The van der Waals surface area contributed by atoms with E-state index in [1.165, 1.54) is 25.7 Å². The molecule has 4 rings (SSSR count). The molecule has 0 aliphatic carbocycles. The fraction of sp³-hybridized carbons (Fsp3) is 0.375. The van der Waals surface area contributed by atoms with Gasteiger partial charge in [-0.15, -0.1) is 0 Å². The number of hydrogen-bond donors (Lipinski definition) is 3. The fourth-order valence-corrected chi connectivity index (χ4v) is 3.92. The molecular weight excluding hydrogens is 439 g/mol. The highest BCUT2D eigenvalue weighted by molar-refractivity contribution is 5.56. The van der Waals surface area contributed by atoms with Crippen molar-refractivity contribution in [1.29, 1.82) is 0 Å². The van der Waals surface area contributed by atoms with Crippen LogP contribution in [0.25, 0.3) is 0 Å². The lowest BCUT2D eigenvalue weighted by Gasteiger charge is -2.23. The minimum atomic E-state index is -0.496. The third kappa shape index (κ3) is 6.02. The molecular formula is C24H29FN6O3. The summed E-state index contributed by atoms with van der Waals surface area (Å²) in [6, 6.07) is 11.7. The molecule has 3 N–H and O–H groups in total. The molecule has 1 aliphatic heterocycles. The maximum atomic E-state index is 14.1. The first-order valence-electron chi connectivity index (χ1n) is 11.3. The predicted octanol–water partition coefficient (Wildman–Crippen LogP) is 3.94. The molecule has 1 unspecified atom stereocenters. The number of ether oxygens (including phenoxy) is 2. The predicted molar refractivity (Wildman–Crippen MR) is 127 cm³/mol. The number of rotatable bonds is 10. The molecule has 0 bridgehead atoms. The number of phenols is 1. The van der Waals surface area contributed by atoms with Crippen molar-refractivity contribution < 1.29 is 19.0 Å². The zero-order chi connectivity index (χ0) is 23.9. The molecule has 2 heterocycles. The summed E-state index contributed by atoms with van der Waals surface area (Å²) in [5, 5.41) is 15.8. The zero-order valence-corrected chi connectivity index (χ0v) is 19.3. The molecule has 180 valence electrons. The smallest absolute Gasteiger partial charge is 0.323 e. The SMILES string of the molecule is CCN1CCCC1CNc1nc(Nc2ccc(OC)c(F)c2)nc(OCc2ccc(O)cc2)n1. The van der Waals surface area contributed by atoms with E-state index in [4.69, 9.17) is 9.47 Å². The molecule has 0 amide bonds. The monoisotopic (exact) mass is 468 g/mol. The first-order valence-corrected chi connectivity index (χ1v) is 11.3. The van der Waals surface area contributed by atoms with Gasteiger partial charge in [0.05, 0.1) is 7.11 Å². The fourth-order valence-electron chi connectivity index (χ4n) is 3.92. The van der Waals surface area contributed by atoms with E-state index in [0.717, 1.165) is 25.1 Å². The minimum Gasteiger partial charge on any atom is -0.508 e. The van der Waals surface area contributed by atoms with E-state index in [0.29, 0.717) is 24.2 Å². The van der Waals surface area contributed by atoms with Crippen molar-refractivity contribution in [3.63, 3.8) is 0 Å². The number of benzene rings is 2. The van der Waals surface area contributed by atoms with Crippen LogP contribution >= 0.6 is 0 Å². The topological polar surface area (TPSA) is 105 Å². The third-order valence-electron chi connectivity index (χ3n) is 5.73. The Kier molecular flexibility index (Phi) is 7.58. The average molecular weight is 469 g/mol. The van der Waals surface area contributed by atoms with Crippen molar-refractivity contribution in [3.05, 3.63) is 53.8 Å². The highest BCUT2D eigenvalue weighted by Crippen LogP contribution is 2.24. The number of likely N-dealkylation sites (N-methyl/N-ethyl adjacent to an activating group) is 1. The van der Waals surface area contributed by atoms with Crippen molar-refractivity contribution in [2.45, 2.75) is 32.4 Å². The van der Waals surface area contributed by atoms with E-state index in [-0.39, 0.29) is 30.1 Å². The second kappa shape index (κ2) is 11.0. The van der Waals surface area contributed by atoms with E-state index in [2.05, 4.69) is 37.4 Å². The van der Waals surface area contributed by atoms with Gasteiger partial charge in [0.1, 0.15) is 12.4 Å². The maximum absolute atomic E-state index is 14.1. The maximum Gasteiger partial charge on any atom is 0.323 e. The van der Waals surface area contributed by atoms with Gasteiger partial charge >= 0.3 is 6.01 Å². The van der Waals surface area contributed by atoms with Gasteiger partial charge < -0.3 is 25.2 Å². The van der Waals surface area contributed by atoms with E-state index in [1.807, 2.05) is 0 Å². The number of phenolic OH excluding ortho intramolecular Hbond substituents is 1. The third-order valence-corrected chi connectivity index (χ3v) is 5.73. The molecule has 34 heavy (non-hydrogen) atoms. The number of hydrogen-bond acceptors (Lipinski definition) is 9. The largest absolute Gasteiger partial charge is 0.508 e. The molecule has 3 aromatic rings. The summed E-state index contributed by atoms with van der Waals surface area (Å²) in [6.07, 6.45) is 2.29.